The molecule has 0 amide bonds. The molecule has 3 atom stereocenters. The molecule has 0 aliphatic rings. The molecule has 0 saturated carbocycles. The largest absolute Gasteiger partial charge is 0.462 e. The first-order valence-electron chi connectivity index (χ1n) is 18.4. The summed E-state index contributed by atoms with van der Waals surface area (Å²) < 4.78 is 19.6. The lowest BCUT2D eigenvalue weighted by molar-refractivity contribution is -0.153. The zero-order valence-electron chi connectivity index (χ0n) is 34.1. The molecule has 2 aromatic rings. The lowest BCUT2D eigenvalue weighted by Gasteiger charge is -2.45. The zero-order chi connectivity index (χ0) is 39.1. The van der Waals surface area contributed by atoms with Crippen molar-refractivity contribution in [3.63, 3.8) is 0 Å². The van der Waals surface area contributed by atoms with Gasteiger partial charge in [-0.15, -0.1) is 0 Å². The van der Waals surface area contributed by atoms with Gasteiger partial charge in [0.1, 0.15) is 6.10 Å². The van der Waals surface area contributed by atoms with Crippen LogP contribution in [0.4, 0.5) is 0 Å². The van der Waals surface area contributed by atoms with E-state index in [1.165, 1.54) is 18.7 Å². The number of aliphatic hydroxyl groups is 1. The van der Waals surface area contributed by atoms with Crippen LogP contribution in [0.5, 0.6) is 0 Å². The van der Waals surface area contributed by atoms with E-state index >= 15 is 0 Å². The quantitative estimate of drug-likeness (QED) is 0.0979. The molecule has 0 unspecified atom stereocenters. The molecule has 9 heteroatoms. The second-order valence-electron chi connectivity index (χ2n) is 18.1. The highest BCUT2D eigenvalue weighted by Gasteiger charge is 2.52. The van der Waals surface area contributed by atoms with Crippen molar-refractivity contribution in [2.75, 3.05) is 6.61 Å². The van der Waals surface area contributed by atoms with Crippen LogP contribution in [0.15, 0.2) is 72.8 Å². The van der Waals surface area contributed by atoms with Crippen LogP contribution in [0.3, 0.4) is 0 Å². The minimum absolute atomic E-state index is 0.0182. The number of carbonyl (C=O) groups is 2. The molecule has 0 aliphatic carbocycles. The van der Waals surface area contributed by atoms with Crippen LogP contribution in [-0.4, -0.2) is 62.5 Å². The van der Waals surface area contributed by atoms with Crippen molar-refractivity contribution in [2.24, 2.45) is 5.41 Å². The molecule has 1 N–H and O–H groups in total. The Bertz CT molecular complexity index is 1380. The van der Waals surface area contributed by atoms with E-state index in [2.05, 4.69) is 85.5 Å². The summed E-state index contributed by atoms with van der Waals surface area (Å²) in [6, 6.07) is 20.7. The molecule has 0 aliphatic heterocycles. The van der Waals surface area contributed by atoms with Crippen molar-refractivity contribution in [1.82, 2.24) is 0 Å². The molecule has 51 heavy (non-hydrogen) atoms. The summed E-state index contributed by atoms with van der Waals surface area (Å²) in [6.45, 7) is 34.2. The summed E-state index contributed by atoms with van der Waals surface area (Å²) in [4.78, 5) is 26.1. The molecule has 0 aromatic heterocycles. The molecule has 0 heterocycles. The van der Waals surface area contributed by atoms with Gasteiger partial charge in [0.25, 0.3) is 8.32 Å². The summed E-state index contributed by atoms with van der Waals surface area (Å²) in [7, 11) is -5.00. The Morgan fingerprint density at radius 2 is 1.29 bits per heavy atom. The standard InChI is InChI=1S/C42H68O6SSi2/c1-31(26-27-46-50(14,15)40(6,7)8)42(12,13)37(47-32(2)43)29-33(44)28-34(30-38(45)49-39(3,4)5)48-51(41(9,10)11,35-22-18-16-19-23-35)36-24-20-17-21-25-36/h16-25,33-34,37,44H,1,26-30H2,2-15H3/t33-,34-,37+/m1/s1. The van der Waals surface area contributed by atoms with Crippen LogP contribution in [0.25, 0.3) is 0 Å². The van der Waals surface area contributed by atoms with Gasteiger partial charge in [0.2, 0.25) is 0 Å². The topological polar surface area (TPSA) is 82.1 Å². The van der Waals surface area contributed by atoms with Crippen molar-refractivity contribution in [3.8, 4) is 0 Å². The van der Waals surface area contributed by atoms with Crippen molar-refractivity contribution in [1.29, 1.82) is 0 Å². The molecular weight excluding hydrogens is 689 g/mol. The maximum absolute atomic E-state index is 13.6. The van der Waals surface area contributed by atoms with E-state index in [1.54, 1.807) is 0 Å². The van der Waals surface area contributed by atoms with Gasteiger partial charge >= 0.3 is 5.97 Å². The van der Waals surface area contributed by atoms with Crippen LogP contribution in [0.2, 0.25) is 23.2 Å². The fourth-order valence-corrected chi connectivity index (χ4v) is 12.9. The fourth-order valence-electron chi connectivity index (χ4n) is 6.22. The molecule has 0 bridgehead atoms. The minimum Gasteiger partial charge on any atom is -0.462 e. The van der Waals surface area contributed by atoms with E-state index in [0.29, 0.717) is 13.0 Å². The van der Waals surface area contributed by atoms with E-state index in [0.717, 1.165) is 15.9 Å². The highest BCUT2D eigenvalue weighted by atomic mass is 32.2. The first-order valence-corrected chi connectivity index (χ1v) is 24.0. The highest BCUT2D eigenvalue weighted by molar-refractivity contribution is 8.14. The Morgan fingerprint density at radius 1 is 0.804 bits per heavy atom. The SMILES string of the molecule is C=C(CCO[Si](C)(C)C(C)(C)C)C(C)(C)[C@H](C[C@H](O)C[C@H](CC(=O)SC(C)(C)C)O[Si](c1ccccc1)(c1ccccc1)C(C)(C)C)OC(C)=O. The summed E-state index contributed by atoms with van der Waals surface area (Å²) in [5, 5.41) is 13.9. The van der Waals surface area contributed by atoms with E-state index in [4.69, 9.17) is 13.6 Å². The van der Waals surface area contributed by atoms with E-state index in [9.17, 15) is 14.7 Å². The van der Waals surface area contributed by atoms with E-state index in [-0.39, 0.29) is 39.2 Å². The average Bonchev–Trinajstić information content (AvgIpc) is 2.97. The Morgan fingerprint density at radius 3 is 1.71 bits per heavy atom. The summed E-state index contributed by atoms with van der Waals surface area (Å²) in [6.07, 6.45) is -1.00. The molecular formula is C42H68O6SSi2. The van der Waals surface area contributed by atoms with Crippen LogP contribution in [0.1, 0.15) is 109 Å². The van der Waals surface area contributed by atoms with Gasteiger partial charge in [-0.25, -0.2) is 0 Å². The second kappa shape index (κ2) is 17.9. The normalized spacial score (nSPS) is 15.2. The van der Waals surface area contributed by atoms with Crippen molar-refractivity contribution in [2.45, 2.75) is 155 Å². The monoisotopic (exact) mass is 756 g/mol. The molecule has 2 aromatic carbocycles. The number of esters is 1. The number of rotatable bonds is 17. The predicted octanol–water partition coefficient (Wildman–Crippen LogP) is 9.45. The van der Waals surface area contributed by atoms with Crippen LogP contribution < -0.4 is 10.4 Å². The van der Waals surface area contributed by atoms with Gasteiger partial charge in [0.15, 0.2) is 13.4 Å². The second-order valence-corrected chi connectivity index (χ2v) is 29.0. The van der Waals surface area contributed by atoms with Gasteiger partial charge in [0.05, 0.1) is 12.2 Å². The first-order chi connectivity index (χ1) is 23.2. The molecule has 0 radical (unpaired) electrons. The van der Waals surface area contributed by atoms with Gasteiger partial charge in [-0.3, -0.25) is 9.59 Å². The van der Waals surface area contributed by atoms with Gasteiger partial charge in [-0.1, -0.05) is 161 Å². The molecule has 0 fully saturated rings. The zero-order valence-corrected chi connectivity index (χ0v) is 37.0. The average molecular weight is 757 g/mol. The predicted molar refractivity (Wildman–Crippen MR) is 221 cm³/mol. The van der Waals surface area contributed by atoms with E-state index in [1.807, 2.05) is 71.0 Å². The number of aliphatic hydroxyl groups excluding tert-OH is 1. The fraction of sp³-hybridized carbons (Fsp3) is 0.619. The van der Waals surface area contributed by atoms with Gasteiger partial charge in [0, 0.05) is 36.5 Å². The van der Waals surface area contributed by atoms with Gasteiger partial charge in [-0.2, -0.15) is 0 Å². The third kappa shape index (κ3) is 12.8. The minimum atomic E-state index is -3.05. The number of carbonyl (C=O) groups excluding carboxylic acids is 2. The molecule has 2 rings (SSSR count). The van der Waals surface area contributed by atoms with Crippen molar-refractivity contribution < 1.29 is 28.3 Å². The maximum Gasteiger partial charge on any atom is 0.302 e. The van der Waals surface area contributed by atoms with Crippen LogP contribution >= 0.6 is 11.8 Å². The third-order valence-corrected chi connectivity index (χ3v) is 20.9. The summed E-state index contributed by atoms with van der Waals surface area (Å²) in [5.74, 6) is -0.414. The lowest BCUT2D eigenvalue weighted by atomic mass is 9.76. The van der Waals surface area contributed by atoms with Crippen molar-refractivity contribution >= 4 is 49.9 Å². The molecule has 0 saturated heterocycles. The van der Waals surface area contributed by atoms with Crippen LogP contribution in [0, 0.1) is 5.41 Å². The molecule has 286 valence electrons. The highest BCUT2D eigenvalue weighted by Crippen LogP contribution is 2.41. The van der Waals surface area contributed by atoms with Crippen molar-refractivity contribution in [3.05, 3.63) is 72.8 Å². The number of hydrogen-bond acceptors (Lipinski definition) is 7. The Hall–Kier alpha value is -2.02. The molecule has 0 spiro atoms. The number of benzene rings is 2. The Kier molecular flexibility index (Phi) is 15.8. The van der Waals surface area contributed by atoms with Crippen LogP contribution in [-0.2, 0) is 23.2 Å². The Labute approximate surface area is 316 Å². The number of hydrogen-bond donors (Lipinski definition) is 1. The maximum atomic E-state index is 13.6. The number of thioether (sulfide) groups is 1. The first kappa shape index (κ1) is 45.1. The summed E-state index contributed by atoms with van der Waals surface area (Å²) >= 11 is 1.30. The molecule has 6 nitrogen and oxygen atoms in total. The number of ether oxygens (including phenoxy) is 1. The third-order valence-electron chi connectivity index (χ3n) is 10.3. The summed E-state index contributed by atoms with van der Waals surface area (Å²) in [5.41, 5.74) is 0.256. The van der Waals surface area contributed by atoms with Gasteiger partial charge < -0.3 is 18.7 Å². The van der Waals surface area contributed by atoms with Gasteiger partial charge in [-0.05, 0) is 46.4 Å². The lowest BCUT2D eigenvalue weighted by Crippen LogP contribution is -2.68. The Balaban J connectivity index is 2.50. The smallest absolute Gasteiger partial charge is 0.302 e. The van der Waals surface area contributed by atoms with E-state index < -0.39 is 46.3 Å².